The van der Waals surface area contributed by atoms with Gasteiger partial charge in [0.2, 0.25) is 5.22 Å². The third-order valence-electron chi connectivity index (χ3n) is 3.20. The number of amides is 1. The predicted octanol–water partition coefficient (Wildman–Crippen LogP) is 3.53. The highest BCUT2D eigenvalue weighted by Gasteiger charge is 2.25. The predicted molar refractivity (Wildman–Crippen MR) is 70.2 cm³/mol. The van der Waals surface area contributed by atoms with E-state index in [0.717, 1.165) is 25.1 Å². The van der Waals surface area contributed by atoms with Gasteiger partial charge in [0.15, 0.2) is 0 Å². The van der Waals surface area contributed by atoms with E-state index in [0.29, 0.717) is 5.56 Å². The molecule has 0 fully saturated rings. The van der Waals surface area contributed by atoms with Gasteiger partial charge in [0.25, 0.3) is 5.91 Å². The van der Waals surface area contributed by atoms with Crippen molar-refractivity contribution in [2.45, 2.75) is 12.8 Å². The molecule has 2 aromatic rings. The van der Waals surface area contributed by atoms with Crippen molar-refractivity contribution in [1.29, 1.82) is 0 Å². The van der Waals surface area contributed by atoms with E-state index in [1.165, 1.54) is 11.8 Å². The van der Waals surface area contributed by atoms with Crippen molar-refractivity contribution in [3.05, 3.63) is 52.9 Å². The normalized spacial score (nSPS) is 14.4. The maximum absolute atomic E-state index is 12.4. The first-order valence-corrected chi connectivity index (χ1v) is 6.28. The number of carbonyl (C=O) groups excluding carboxylic acids is 1. The van der Waals surface area contributed by atoms with E-state index >= 15 is 0 Å². The van der Waals surface area contributed by atoms with Crippen molar-refractivity contribution < 1.29 is 9.21 Å². The van der Waals surface area contributed by atoms with Gasteiger partial charge in [0, 0.05) is 12.2 Å². The summed E-state index contributed by atoms with van der Waals surface area (Å²) in [6.45, 7) is 0.720. The zero-order valence-electron chi connectivity index (χ0n) is 9.73. The number of aryl methyl sites for hydroxylation is 1. The lowest BCUT2D eigenvalue weighted by molar-refractivity contribution is 0.0984. The number of fused-ring (bicyclic) bond motifs is 1. The Balaban J connectivity index is 2.00. The van der Waals surface area contributed by atoms with Gasteiger partial charge in [-0.1, -0.05) is 18.2 Å². The second kappa shape index (κ2) is 4.50. The highest BCUT2D eigenvalue weighted by atomic mass is 35.5. The first-order valence-electron chi connectivity index (χ1n) is 5.90. The Morgan fingerprint density at radius 3 is 2.89 bits per heavy atom. The molecule has 92 valence electrons. The van der Waals surface area contributed by atoms with Crippen LogP contribution in [0.15, 0.2) is 41.0 Å². The van der Waals surface area contributed by atoms with Crippen molar-refractivity contribution in [1.82, 2.24) is 0 Å². The van der Waals surface area contributed by atoms with E-state index < -0.39 is 0 Å². The fourth-order valence-corrected chi connectivity index (χ4v) is 2.53. The molecule has 3 nitrogen and oxygen atoms in total. The average Bonchev–Trinajstić information content (AvgIpc) is 2.83. The van der Waals surface area contributed by atoms with Crippen LogP contribution < -0.4 is 4.90 Å². The molecule has 2 heterocycles. The molecule has 0 atom stereocenters. The van der Waals surface area contributed by atoms with Crippen LogP contribution >= 0.6 is 11.6 Å². The van der Waals surface area contributed by atoms with Crippen molar-refractivity contribution in [3.63, 3.8) is 0 Å². The number of para-hydroxylation sites is 1. The van der Waals surface area contributed by atoms with E-state index in [2.05, 4.69) is 6.07 Å². The molecule has 1 aromatic carbocycles. The zero-order chi connectivity index (χ0) is 12.5. The van der Waals surface area contributed by atoms with E-state index in [4.69, 9.17) is 16.0 Å². The molecule has 0 saturated heterocycles. The lowest BCUT2D eigenvalue weighted by Gasteiger charge is -2.29. The lowest BCUT2D eigenvalue weighted by atomic mass is 10.0. The standard InChI is InChI=1S/C14H12ClNO2/c15-13-11(7-9-18-13)14(17)16-8-3-5-10-4-1-2-6-12(10)16/h1-2,4,6-7,9H,3,5,8H2. The Kier molecular flexibility index (Phi) is 2.84. The summed E-state index contributed by atoms with van der Waals surface area (Å²) in [4.78, 5) is 14.2. The van der Waals surface area contributed by atoms with Gasteiger partial charge >= 0.3 is 0 Å². The molecular weight excluding hydrogens is 250 g/mol. The van der Waals surface area contributed by atoms with Gasteiger partial charge in [-0.05, 0) is 42.1 Å². The van der Waals surface area contributed by atoms with Crippen LogP contribution in [0, 0.1) is 0 Å². The van der Waals surface area contributed by atoms with Crippen LogP contribution in [-0.4, -0.2) is 12.5 Å². The minimum absolute atomic E-state index is 0.0964. The topological polar surface area (TPSA) is 33.5 Å². The third kappa shape index (κ3) is 1.81. The van der Waals surface area contributed by atoms with E-state index in [1.807, 2.05) is 18.2 Å². The van der Waals surface area contributed by atoms with E-state index in [9.17, 15) is 4.79 Å². The summed E-state index contributed by atoms with van der Waals surface area (Å²) in [6, 6.07) is 9.59. The third-order valence-corrected chi connectivity index (χ3v) is 3.50. The highest BCUT2D eigenvalue weighted by Crippen LogP contribution is 2.29. The maximum atomic E-state index is 12.4. The van der Waals surface area contributed by atoms with Crippen molar-refractivity contribution >= 4 is 23.2 Å². The molecule has 3 rings (SSSR count). The van der Waals surface area contributed by atoms with Crippen LogP contribution in [0.5, 0.6) is 0 Å². The van der Waals surface area contributed by atoms with Gasteiger partial charge < -0.3 is 9.32 Å². The smallest absolute Gasteiger partial charge is 0.263 e. The van der Waals surface area contributed by atoms with E-state index in [-0.39, 0.29) is 11.1 Å². The van der Waals surface area contributed by atoms with Crippen LogP contribution in [0.1, 0.15) is 22.3 Å². The fourth-order valence-electron chi connectivity index (χ4n) is 2.34. The molecule has 0 aliphatic carbocycles. The van der Waals surface area contributed by atoms with Crippen LogP contribution in [0.25, 0.3) is 0 Å². The molecule has 0 N–H and O–H groups in total. The lowest BCUT2D eigenvalue weighted by Crippen LogP contribution is -2.35. The molecular formula is C14H12ClNO2. The summed E-state index contributed by atoms with van der Waals surface area (Å²) in [6.07, 6.45) is 3.42. The number of anilines is 1. The van der Waals surface area contributed by atoms with Gasteiger partial charge in [0.05, 0.1) is 11.8 Å². The average molecular weight is 262 g/mol. The monoisotopic (exact) mass is 261 g/mol. The molecule has 0 spiro atoms. The molecule has 1 aliphatic rings. The van der Waals surface area contributed by atoms with E-state index in [1.54, 1.807) is 11.0 Å². The first-order chi connectivity index (χ1) is 8.77. The number of benzene rings is 1. The molecule has 1 aromatic heterocycles. The minimum Gasteiger partial charge on any atom is -0.452 e. The molecule has 1 amide bonds. The molecule has 0 saturated carbocycles. The summed E-state index contributed by atoms with van der Waals surface area (Å²) in [7, 11) is 0. The van der Waals surface area contributed by atoms with Crippen LogP contribution in [0.4, 0.5) is 5.69 Å². The second-order valence-electron chi connectivity index (χ2n) is 4.30. The van der Waals surface area contributed by atoms with Crippen molar-refractivity contribution in [2.75, 3.05) is 11.4 Å². The summed E-state index contributed by atoms with van der Waals surface area (Å²) in [5, 5.41) is 0.156. The summed E-state index contributed by atoms with van der Waals surface area (Å²) in [5.74, 6) is -0.0964. The number of rotatable bonds is 1. The Labute approximate surface area is 110 Å². The van der Waals surface area contributed by atoms with Gasteiger partial charge in [-0.3, -0.25) is 4.79 Å². The summed E-state index contributed by atoms with van der Waals surface area (Å²) >= 11 is 5.87. The molecule has 0 bridgehead atoms. The number of halogens is 1. The molecule has 1 aliphatic heterocycles. The van der Waals surface area contributed by atoms with Gasteiger partial charge in [-0.15, -0.1) is 0 Å². The van der Waals surface area contributed by atoms with Crippen LogP contribution in [0.2, 0.25) is 5.22 Å². The van der Waals surface area contributed by atoms with Crippen molar-refractivity contribution in [3.8, 4) is 0 Å². The maximum Gasteiger partial charge on any atom is 0.263 e. The van der Waals surface area contributed by atoms with Crippen molar-refractivity contribution in [2.24, 2.45) is 0 Å². The Hall–Kier alpha value is -1.74. The molecule has 4 heteroatoms. The van der Waals surface area contributed by atoms with Gasteiger partial charge in [-0.25, -0.2) is 0 Å². The largest absolute Gasteiger partial charge is 0.452 e. The molecule has 18 heavy (non-hydrogen) atoms. The minimum atomic E-state index is -0.0964. The summed E-state index contributed by atoms with van der Waals surface area (Å²) in [5.41, 5.74) is 2.61. The highest BCUT2D eigenvalue weighted by molar-refractivity contribution is 6.32. The SMILES string of the molecule is O=C(c1ccoc1Cl)N1CCCc2ccccc21. The first kappa shape index (κ1) is 11.4. The Bertz CT molecular complexity index is 591. The number of carbonyl (C=O) groups is 1. The zero-order valence-corrected chi connectivity index (χ0v) is 10.5. The number of nitrogens with zero attached hydrogens (tertiary/aromatic N) is 1. The fraction of sp³-hybridized carbons (Fsp3) is 0.214. The summed E-state index contributed by atoms with van der Waals surface area (Å²) < 4.78 is 4.98. The quantitative estimate of drug-likeness (QED) is 0.787. The number of furan rings is 1. The number of hydrogen-bond acceptors (Lipinski definition) is 2. The Morgan fingerprint density at radius 1 is 1.28 bits per heavy atom. The second-order valence-corrected chi connectivity index (χ2v) is 4.64. The Morgan fingerprint density at radius 2 is 2.11 bits per heavy atom. The van der Waals surface area contributed by atoms with Gasteiger partial charge in [0.1, 0.15) is 0 Å². The molecule has 0 radical (unpaired) electrons. The number of hydrogen-bond donors (Lipinski definition) is 0. The van der Waals surface area contributed by atoms with Crippen LogP contribution in [-0.2, 0) is 6.42 Å². The van der Waals surface area contributed by atoms with Gasteiger partial charge in [-0.2, -0.15) is 0 Å². The van der Waals surface area contributed by atoms with Crippen LogP contribution in [0.3, 0.4) is 0 Å². The molecule has 0 unspecified atom stereocenters.